The van der Waals surface area contributed by atoms with Gasteiger partial charge in [-0.2, -0.15) is 0 Å². The van der Waals surface area contributed by atoms with Crippen molar-refractivity contribution in [3.8, 4) is 0 Å². The molecule has 0 spiro atoms. The Morgan fingerprint density at radius 3 is 2.19 bits per heavy atom. The quantitative estimate of drug-likeness (QED) is 0.183. The highest BCUT2D eigenvalue weighted by atomic mass is 79.9. The van der Waals surface area contributed by atoms with E-state index in [4.69, 9.17) is 0 Å². The molecule has 0 N–H and O–H groups in total. The lowest BCUT2D eigenvalue weighted by Crippen LogP contribution is -2.24. The zero-order chi connectivity index (χ0) is 21.7. The molecular weight excluding hydrogens is 466 g/mol. The number of nitro groups is 1. The van der Waals surface area contributed by atoms with E-state index in [9.17, 15) is 18.9 Å². The molecule has 4 aromatic rings. The van der Waals surface area contributed by atoms with E-state index in [2.05, 4.69) is 15.9 Å². The molecule has 1 aliphatic carbocycles. The van der Waals surface area contributed by atoms with Crippen molar-refractivity contribution in [2.24, 2.45) is 0 Å². The zero-order valence-corrected chi connectivity index (χ0v) is 17.6. The maximum atomic E-state index is 14.7. The van der Waals surface area contributed by atoms with E-state index in [0.717, 1.165) is 27.9 Å². The molecule has 0 amide bonds. The van der Waals surface area contributed by atoms with Crippen LogP contribution in [0.5, 0.6) is 0 Å². The molecule has 1 aromatic heterocycles. The number of nitrogens with zero attached hydrogens (tertiary/aromatic N) is 2. The summed E-state index contributed by atoms with van der Waals surface area (Å²) in [6, 6.07) is 16.7. The molecule has 7 heteroatoms. The summed E-state index contributed by atoms with van der Waals surface area (Å²) < 4.78 is 30.5. The van der Waals surface area contributed by atoms with E-state index in [0.29, 0.717) is 5.70 Å². The maximum absolute atomic E-state index is 14.7. The van der Waals surface area contributed by atoms with Crippen molar-refractivity contribution in [3.05, 3.63) is 105 Å². The van der Waals surface area contributed by atoms with Crippen LogP contribution in [0.25, 0.3) is 33.1 Å². The Hall–Kier alpha value is -3.32. The summed E-state index contributed by atoms with van der Waals surface area (Å²) >= 11 is 3.06. The van der Waals surface area contributed by atoms with Crippen molar-refractivity contribution in [2.45, 2.75) is 12.5 Å². The molecule has 1 atom stereocenters. The summed E-state index contributed by atoms with van der Waals surface area (Å²) in [5.41, 5.74) is 2.84. The van der Waals surface area contributed by atoms with Crippen LogP contribution in [-0.4, -0.2) is 15.5 Å². The summed E-state index contributed by atoms with van der Waals surface area (Å²) in [7, 11) is 0. The lowest BCUT2D eigenvalue weighted by atomic mass is 9.91. The van der Waals surface area contributed by atoms with Crippen LogP contribution in [-0.2, 0) is 0 Å². The number of halogens is 3. The van der Waals surface area contributed by atoms with Gasteiger partial charge >= 0.3 is 0 Å². The van der Waals surface area contributed by atoms with Gasteiger partial charge in [0.15, 0.2) is 0 Å². The zero-order valence-electron chi connectivity index (χ0n) is 16.1. The van der Waals surface area contributed by atoms with Crippen molar-refractivity contribution in [3.63, 3.8) is 0 Å². The van der Waals surface area contributed by atoms with Crippen LogP contribution in [0.3, 0.4) is 0 Å². The van der Waals surface area contributed by atoms with Gasteiger partial charge in [0.25, 0.3) is 0 Å². The first kappa shape index (κ1) is 19.6. The summed E-state index contributed by atoms with van der Waals surface area (Å²) in [6.45, 7) is 0. The Morgan fingerprint density at radius 1 is 0.968 bits per heavy atom. The van der Waals surface area contributed by atoms with Crippen LogP contribution < -0.4 is 0 Å². The number of para-hydroxylation sites is 2. The van der Waals surface area contributed by atoms with E-state index in [1.807, 2.05) is 53.1 Å². The average Bonchev–Trinajstić information content (AvgIpc) is 3.10. The minimum absolute atomic E-state index is 0.0151. The number of rotatable bonds is 3. The van der Waals surface area contributed by atoms with Crippen molar-refractivity contribution >= 4 is 49.0 Å². The third-order valence-electron chi connectivity index (χ3n) is 5.63. The van der Waals surface area contributed by atoms with Gasteiger partial charge in [-0.25, -0.2) is 8.78 Å². The molecule has 0 saturated carbocycles. The Balaban J connectivity index is 1.77. The fourth-order valence-corrected chi connectivity index (χ4v) is 4.57. The van der Waals surface area contributed by atoms with Crippen LogP contribution in [0, 0.1) is 21.7 Å². The van der Waals surface area contributed by atoms with Gasteiger partial charge in [-0.1, -0.05) is 42.5 Å². The molecule has 154 valence electrons. The smallest absolute Gasteiger partial charge is 0.242 e. The summed E-state index contributed by atoms with van der Waals surface area (Å²) in [5, 5.41) is 13.9. The Labute approximate surface area is 184 Å². The van der Waals surface area contributed by atoms with Gasteiger partial charge in [-0.3, -0.25) is 10.1 Å². The van der Waals surface area contributed by atoms with Crippen molar-refractivity contribution < 1.29 is 13.7 Å². The molecule has 0 aliphatic heterocycles. The minimum atomic E-state index is -1.12. The molecule has 3 aromatic carbocycles. The van der Waals surface area contributed by atoms with E-state index in [1.165, 1.54) is 6.07 Å². The topological polar surface area (TPSA) is 48.1 Å². The molecule has 5 rings (SSSR count). The SMILES string of the molecule is O=[N+]([O-])C1CC=C(n2c3ccccc3c3ccccc32)C=C1c1cc(Br)c(F)cc1F. The number of allylic oxidation sites excluding steroid dienone is 2. The van der Waals surface area contributed by atoms with Crippen LogP contribution >= 0.6 is 15.9 Å². The first-order chi connectivity index (χ1) is 15.0. The maximum Gasteiger partial charge on any atom is 0.242 e. The summed E-state index contributed by atoms with van der Waals surface area (Å²) in [5.74, 6) is -1.59. The minimum Gasteiger partial charge on any atom is -0.310 e. The highest BCUT2D eigenvalue weighted by Crippen LogP contribution is 2.38. The third kappa shape index (κ3) is 3.16. The van der Waals surface area contributed by atoms with Crippen molar-refractivity contribution in [1.29, 1.82) is 0 Å². The van der Waals surface area contributed by atoms with E-state index in [1.54, 1.807) is 12.2 Å². The third-order valence-corrected chi connectivity index (χ3v) is 6.23. The molecular formula is C24H15BrF2N2O2. The molecule has 0 radical (unpaired) electrons. The normalized spacial score (nSPS) is 16.4. The second kappa shape index (κ2) is 7.42. The van der Waals surface area contributed by atoms with Crippen LogP contribution in [0.1, 0.15) is 12.0 Å². The molecule has 0 saturated heterocycles. The Bertz CT molecular complexity index is 1390. The second-order valence-corrected chi connectivity index (χ2v) is 8.24. The number of hydrogen-bond donors (Lipinski definition) is 0. The van der Waals surface area contributed by atoms with Crippen molar-refractivity contribution in [2.75, 3.05) is 0 Å². The van der Waals surface area contributed by atoms with Crippen molar-refractivity contribution in [1.82, 2.24) is 4.57 Å². The molecule has 1 heterocycles. The van der Waals surface area contributed by atoms with Gasteiger partial charge in [-0.05, 0) is 40.2 Å². The average molecular weight is 481 g/mol. The molecule has 0 fully saturated rings. The standard InChI is InChI=1S/C24H15BrF2N2O2/c25-19-12-17(20(26)13-21(19)27)18-11-14(9-10-24(18)29(30)31)28-22-7-3-1-5-15(22)16-6-2-4-8-23(16)28/h1-9,11-13,24H,10H2. The highest BCUT2D eigenvalue weighted by molar-refractivity contribution is 9.10. The predicted molar refractivity (Wildman–Crippen MR) is 121 cm³/mol. The molecule has 0 bridgehead atoms. The second-order valence-electron chi connectivity index (χ2n) is 7.38. The first-order valence-electron chi connectivity index (χ1n) is 9.64. The number of aromatic nitrogens is 1. The first-order valence-corrected chi connectivity index (χ1v) is 10.4. The summed E-state index contributed by atoms with van der Waals surface area (Å²) in [6.07, 6.45) is 3.54. The predicted octanol–water partition coefficient (Wildman–Crippen LogP) is 6.81. The lowest BCUT2D eigenvalue weighted by Gasteiger charge is -2.20. The fraction of sp³-hybridized carbons (Fsp3) is 0.0833. The van der Waals surface area contributed by atoms with Crippen LogP contribution in [0.2, 0.25) is 0 Å². The van der Waals surface area contributed by atoms with E-state index in [-0.39, 0.29) is 22.0 Å². The Kier molecular flexibility index (Phi) is 4.70. The Morgan fingerprint density at radius 2 is 1.58 bits per heavy atom. The lowest BCUT2D eigenvalue weighted by molar-refractivity contribution is -0.505. The van der Waals surface area contributed by atoms with Crippen LogP contribution in [0.15, 0.2) is 77.3 Å². The van der Waals surface area contributed by atoms with Crippen LogP contribution in [0.4, 0.5) is 8.78 Å². The number of benzene rings is 3. The van der Waals surface area contributed by atoms with Gasteiger partial charge in [-0.15, -0.1) is 0 Å². The summed E-state index contributed by atoms with van der Waals surface area (Å²) in [4.78, 5) is 11.3. The molecule has 4 nitrogen and oxygen atoms in total. The highest BCUT2D eigenvalue weighted by Gasteiger charge is 2.32. The van der Waals surface area contributed by atoms with E-state index < -0.39 is 22.6 Å². The van der Waals surface area contributed by atoms with Gasteiger partial charge in [0.05, 0.1) is 15.5 Å². The number of hydrogen-bond acceptors (Lipinski definition) is 2. The fourth-order valence-electron chi connectivity index (χ4n) is 4.23. The van der Waals surface area contributed by atoms with Gasteiger partial charge in [0.2, 0.25) is 6.04 Å². The van der Waals surface area contributed by atoms with Gasteiger partial charge in [0, 0.05) is 45.0 Å². The molecule has 1 unspecified atom stereocenters. The molecule has 1 aliphatic rings. The van der Waals surface area contributed by atoms with Gasteiger partial charge < -0.3 is 4.57 Å². The molecule has 31 heavy (non-hydrogen) atoms. The van der Waals surface area contributed by atoms with Gasteiger partial charge in [0.1, 0.15) is 11.6 Å². The number of fused-ring (bicyclic) bond motifs is 3. The largest absolute Gasteiger partial charge is 0.310 e. The monoisotopic (exact) mass is 480 g/mol. The van der Waals surface area contributed by atoms with E-state index >= 15 is 0 Å².